The maximum absolute atomic E-state index is 12.7. The first-order valence-electron chi connectivity index (χ1n) is 8.46. The van der Waals surface area contributed by atoms with Gasteiger partial charge in [0, 0.05) is 57.8 Å². The van der Waals surface area contributed by atoms with Crippen LogP contribution < -0.4 is 16.0 Å². The zero-order valence-corrected chi connectivity index (χ0v) is 18.1. The molecule has 1 unspecified atom stereocenters. The summed E-state index contributed by atoms with van der Waals surface area (Å²) < 4.78 is 0. The van der Waals surface area contributed by atoms with Gasteiger partial charge < -0.3 is 15.5 Å². The molecule has 1 saturated heterocycles. The number of carbonyl (C=O) groups is 4. The van der Waals surface area contributed by atoms with Crippen molar-refractivity contribution in [2.45, 2.75) is 45.8 Å². The van der Waals surface area contributed by atoms with Gasteiger partial charge in [0.2, 0.25) is 11.8 Å². The summed E-state index contributed by atoms with van der Waals surface area (Å²) in [6.45, 7) is 4.21. The number of fused-ring (bicyclic) bond motifs is 1. The number of nitrogens with one attached hydrogen (secondary N) is 3. The summed E-state index contributed by atoms with van der Waals surface area (Å²) in [5.41, 5.74) is 2.17. The second-order valence-electron chi connectivity index (χ2n) is 6.70. The number of nitrogens with zero attached hydrogens (tertiary/aromatic N) is 1. The first-order valence-corrected chi connectivity index (χ1v) is 8.46. The Balaban J connectivity index is 0.00000261. The van der Waals surface area contributed by atoms with E-state index in [0.29, 0.717) is 18.5 Å². The molecule has 3 N–H and O–H groups in total. The molecule has 1 aromatic carbocycles. The van der Waals surface area contributed by atoms with E-state index in [0.717, 1.165) is 17.2 Å². The van der Waals surface area contributed by atoms with Crippen molar-refractivity contribution in [2.24, 2.45) is 0 Å². The molecule has 0 aliphatic carbocycles. The minimum atomic E-state index is -0.622. The van der Waals surface area contributed by atoms with E-state index in [-0.39, 0.29) is 63.5 Å². The molecular formula is C18H21N4O4Y-. The number of hydrogen-bond acceptors (Lipinski definition) is 4. The number of benzene rings is 1. The van der Waals surface area contributed by atoms with Crippen LogP contribution in [0.5, 0.6) is 0 Å². The van der Waals surface area contributed by atoms with Gasteiger partial charge in [-0.05, 0) is 23.6 Å². The van der Waals surface area contributed by atoms with E-state index in [4.69, 9.17) is 0 Å². The van der Waals surface area contributed by atoms with Crippen molar-refractivity contribution in [3.05, 3.63) is 40.9 Å². The Morgan fingerprint density at radius 3 is 2.70 bits per heavy atom. The molecule has 0 bridgehead atoms. The van der Waals surface area contributed by atoms with E-state index >= 15 is 0 Å². The fraction of sp³-hybridized carbons (Fsp3) is 0.389. The molecule has 1 fully saturated rings. The largest absolute Gasteiger partial charge is 0.485 e. The Hall–Kier alpha value is -1.80. The van der Waals surface area contributed by atoms with Gasteiger partial charge in [0.05, 0.1) is 0 Å². The van der Waals surface area contributed by atoms with Gasteiger partial charge in [0.15, 0.2) is 0 Å². The van der Waals surface area contributed by atoms with E-state index in [1.165, 1.54) is 4.90 Å². The molecule has 0 saturated carbocycles. The molecule has 0 spiro atoms. The number of piperidine rings is 1. The zero-order chi connectivity index (χ0) is 18.8. The fourth-order valence-corrected chi connectivity index (χ4v) is 3.17. The van der Waals surface area contributed by atoms with E-state index in [2.05, 4.69) is 16.0 Å². The van der Waals surface area contributed by atoms with Crippen LogP contribution in [0.15, 0.2) is 18.2 Å². The molecule has 1 atom stereocenters. The van der Waals surface area contributed by atoms with Crippen LogP contribution in [0.25, 0.3) is 0 Å². The Kier molecular flexibility index (Phi) is 7.11. The molecule has 3 rings (SSSR count). The van der Waals surface area contributed by atoms with Crippen LogP contribution in [0.4, 0.5) is 4.79 Å². The molecule has 1 radical (unpaired) electrons. The maximum Gasteiger partial charge on any atom is 0.285 e. The summed E-state index contributed by atoms with van der Waals surface area (Å²) in [5.74, 6) is -0.952. The summed E-state index contributed by atoms with van der Waals surface area (Å²) >= 11 is 0. The van der Waals surface area contributed by atoms with Crippen molar-refractivity contribution >= 4 is 23.8 Å². The predicted molar refractivity (Wildman–Crippen MR) is 92.4 cm³/mol. The number of amides is 5. The minimum absolute atomic E-state index is 0. The van der Waals surface area contributed by atoms with Gasteiger partial charge in [0.1, 0.15) is 6.04 Å². The Labute approximate surface area is 182 Å². The van der Waals surface area contributed by atoms with Crippen molar-refractivity contribution in [1.29, 1.82) is 0 Å². The molecule has 141 valence electrons. The van der Waals surface area contributed by atoms with Gasteiger partial charge in [-0.3, -0.25) is 24.5 Å². The summed E-state index contributed by atoms with van der Waals surface area (Å²) in [6.07, 6.45) is 0.570. The Bertz CT molecular complexity index is 781. The van der Waals surface area contributed by atoms with Crippen molar-refractivity contribution < 1.29 is 51.9 Å². The number of imide groups is 1. The van der Waals surface area contributed by atoms with Crippen LogP contribution in [0.1, 0.15) is 48.2 Å². The SMILES string of the molecule is C[C-](C)NC(=O)NCc1ccc2c(c1)C(=O)N(C1CCC(=O)NC1=O)C2.[Y]. The topological polar surface area (TPSA) is 108 Å². The first-order chi connectivity index (χ1) is 12.3. The van der Waals surface area contributed by atoms with Gasteiger partial charge >= 0.3 is 0 Å². The number of urea groups is 1. The molecule has 27 heavy (non-hydrogen) atoms. The van der Waals surface area contributed by atoms with E-state index in [1.54, 1.807) is 19.9 Å². The maximum atomic E-state index is 12.7. The van der Waals surface area contributed by atoms with Crippen LogP contribution in [0, 0.1) is 6.04 Å². The minimum Gasteiger partial charge on any atom is -0.485 e. The average molecular weight is 446 g/mol. The molecule has 9 heteroatoms. The second-order valence-corrected chi connectivity index (χ2v) is 6.70. The number of carbonyl (C=O) groups excluding carboxylic acids is 4. The van der Waals surface area contributed by atoms with Crippen molar-refractivity contribution in [2.75, 3.05) is 0 Å². The summed E-state index contributed by atoms with van der Waals surface area (Å²) in [6, 6.07) is 5.29. The molecule has 2 aliphatic heterocycles. The second kappa shape index (κ2) is 8.93. The third kappa shape index (κ3) is 4.93. The van der Waals surface area contributed by atoms with Crippen LogP contribution in [0.2, 0.25) is 0 Å². The van der Waals surface area contributed by atoms with Crippen molar-refractivity contribution in [3.63, 3.8) is 0 Å². The van der Waals surface area contributed by atoms with E-state index in [9.17, 15) is 19.2 Å². The predicted octanol–water partition coefficient (Wildman–Crippen LogP) is 0.816. The van der Waals surface area contributed by atoms with Gasteiger partial charge in [0.25, 0.3) is 11.9 Å². The standard InChI is InChI=1S/C18H21N4O4.Y/c1-10(2)20-18(26)19-8-11-3-4-12-9-22(17(25)13(12)7-11)14-5-6-15(23)21-16(14)24;/h3-4,7,14H,5-6,8-9H2,1-2H3,(H2,19,20,26)(H,21,23,24);/q-1;. The van der Waals surface area contributed by atoms with E-state index < -0.39 is 11.9 Å². The van der Waals surface area contributed by atoms with Crippen LogP contribution in [0.3, 0.4) is 0 Å². The molecule has 2 heterocycles. The zero-order valence-electron chi connectivity index (χ0n) is 15.3. The van der Waals surface area contributed by atoms with Crippen LogP contribution in [-0.4, -0.2) is 34.7 Å². The summed E-state index contributed by atoms with van der Waals surface area (Å²) in [5, 5.41) is 7.66. The first kappa shape index (κ1) is 21.5. The molecule has 1 aromatic rings. The monoisotopic (exact) mass is 446 g/mol. The molecule has 0 aromatic heterocycles. The van der Waals surface area contributed by atoms with Gasteiger partial charge in [-0.15, -0.1) is 0 Å². The van der Waals surface area contributed by atoms with Gasteiger partial charge in [-0.25, -0.2) is 6.04 Å². The Morgan fingerprint density at radius 1 is 1.30 bits per heavy atom. The van der Waals surface area contributed by atoms with Crippen LogP contribution in [-0.2, 0) is 55.4 Å². The van der Waals surface area contributed by atoms with Crippen molar-refractivity contribution in [3.8, 4) is 0 Å². The fourth-order valence-electron chi connectivity index (χ4n) is 3.17. The van der Waals surface area contributed by atoms with E-state index in [1.807, 2.05) is 12.1 Å². The quantitative estimate of drug-likeness (QED) is 0.470. The van der Waals surface area contributed by atoms with Crippen molar-refractivity contribution in [1.82, 2.24) is 20.9 Å². The molecule has 5 amide bonds. The molecule has 2 aliphatic rings. The third-order valence-electron chi connectivity index (χ3n) is 4.41. The summed E-state index contributed by atoms with van der Waals surface area (Å²) in [7, 11) is 0. The van der Waals surface area contributed by atoms with Crippen LogP contribution >= 0.6 is 0 Å². The average Bonchev–Trinajstić information content (AvgIpc) is 2.89. The Morgan fingerprint density at radius 2 is 2.04 bits per heavy atom. The summed E-state index contributed by atoms with van der Waals surface area (Å²) in [4.78, 5) is 49.2. The normalized spacial score (nSPS) is 18.7. The molecule has 8 nitrogen and oxygen atoms in total. The molecular weight excluding hydrogens is 425 g/mol. The number of hydrogen-bond donors (Lipinski definition) is 3. The van der Waals surface area contributed by atoms with Gasteiger partial charge in [-0.2, -0.15) is 13.8 Å². The third-order valence-corrected chi connectivity index (χ3v) is 4.41. The smallest absolute Gasteiger partial charge is 0.285 e. The van der Waals surface area contributed by atoms with Gasteiger partial charge in [-0.1, -0.05) is 12.1 Å². The number of rotatable bonds is 4.